The van der Waals surface area contributed by atoms with Crippen molar-refractivity contribution in [2.75, 3.05) is 25.6 Å². The monoisotopic (exact) mass is 207 g/mol. The molecule has 0 aliphatic rings. The molecule has 80 valence electrons. The van der Waals surface area contributed by atoms with Crippen molar-refractivity contribution in [1.29, 1.82) is 0 Å². The Morgan fingerprint density at radius 3 is 2.31 bits per heavy atom. The van der Waals surface area contributed by atoms with Crippen LogP contribution in [0.1, 0.15) is 27.2 Å². The molecule has 13 heavy (non-hydrogen) atoms. The zero-order chi connectivity index (χ0) is 10.3. The summed E-state index contributed by atoms with van der Waals surface area (Å²) in [5.41, 5.74) is 0. The summed E-state index contributed by atoms with van der Waals surface area (Å²) in [5, 5.41) is 8.74. The number of nitrogens with zero attached hydrogens (tertiary/aromatic N) is 1. The third-order valence-corrected chi connectivity index (χ3v) is 2.67. The van der Waals surface area contributed by atoms with Gasteiger partial charge in [0.2, 0.25) is 0 Å². The summed E-state index contributed by atoms with van der Waals surface area (Å²) in [5.74, 6) is 1.24. The molecule has 0 bridgehead atoms. The second-order valence-corrected chi connectivity index (χ2v) is 4.23. The molecule has 0 amide bonds. The summed E-state index contributed by atoms with van der Waals surface area (Å²) >= 11 is 5.76. The summed E-state index contributed by atoms with van der Waals surface area (Å²) in [4.78, 5) is 2.36. The zero-order valence-corrected chi connectivity index (χ0v) is 9.72. The Morgan fingerprint density at radius 1 is 1.31 bits per heavy atom. The lowest BCUT2D eigenvalue weighted by Gasteiger charge is -2.28. The van der Waals surface area contributed by atoms with Crippen molar-refractivity contribution in [3.8, 4) is 0 Å². The molecule has 0 radical (unpaired) electrons. The van der Waals surface area contributed by atoms with Crippen molar-refractivity contribution in [2.45, 2.75) is 33.2 Å². The lowest BCUT2D eigenvalue weighted by Crippen LogP contribution is -2.36. The van der Waals surface area contributed by atoms with Gasteiger partial charge in [-0.15, -0.1) is 11.6 Å². The van der Waals surface area contributed by atoms with Crippen LogP contribution in [0.5, 0.6) is 0 Å². The van der Waals surface area contributed by atoms with Crippen molar-refractivity contribution in [3.05, 3.63) is 0 Å². The van der Waals surface area contributed by atoms with Crippen LogP contribution in [0.2, 0.25) is 0 Å². The van der Waals surface area contributed by atoms with Gasteiger partial charge in [-0.2, -0.15) is 0 Å². The Morgan fingerprint density at radius 2 is 1.92 bits per heavy atom. The lowest BCUT2D eigenvalue weighted by molar-refractivity contribution is 0.175. The zero-order valence-electron chi connectivity index (χ0n) is 8.96. The van der Waals surface area contributed by atoms with Gasteiger partial charge in [0.25, 0.3) is 0 Å². The predicted octanol–water partition coefficient (Wildman–Crippen LogP) is 1.95. The number of aliphatic hydroxyl groups excluding tert-OH is 1. The third kappa shape index (κ3) is 6.30. The van der Waals surface area contributed by atoms with Crippen molar-refractivity contribution < 1.29 is 5.11 Å². The number of alkyl halides is 1. The van der Waals surface area contributed by atoms with Crippen molar-refractivity contribution >= 4 is 11.6 Å². The minimum absolute atomic E-state index is 0.276. The molecule has 3 heteroatoms. The first-order valence-electron chi connectivity index (χ1n) is 5.02. The normalized spacial score (nSPS) is 14.1. The van der Waals surface area contributed by atoms with Gasteiger partial charge >= 0.3 is 0 Å². The molecule has 0 aromatic heterocycles. The molecule has 0 aromatic rings. The Bertz CT molecular complexity index is 119. The van der Waals surface area contributed by atoms with Gasteiger partial charge in [0.1, 0.15) is 0 Å². The predicted molar refractivity (Wildman–Crippen MR) is 58.3 cm³/mol. The van der Waals surface area contributed by atoms with Crippen LogP contribution in [0.4, 0.5) is 0 Å². The summed E-state index contributed by atoms with van der Waals surface area (Å²) < 4.78 is 0. The molecule has 0 aliphatic carbocycles. The Kier molecular flexibility index (Phi) is 7.72. The number of aliphatic hydroxyl groups is 1. The van der Waals surface area contributed by atoms with E-state index in [-0.39, 0.29) is 6.61 Å². The van der Waals surface area contributed by atoms with E-state index in [1.54, 1.807) is 0 Å². The fraction of sp³-hybridized carbons (Fsp3) is 1.00. The molecule has 0 aliphatic heterocycles. The van der Waals surface area contributed by atoms with E-state index in [2.05, 4.69) is 25.7 Å². The molecule has 0 spiro atoms. The summed E-state index contributed by atoms with van der Waals surface area (Å²) in [6, 6.07) is 0.539. The van der Waals surface area contributed by atoms with Gasteiger partial charge in [-0.05, 0) is 26.2 Å². The van der Waals surface area contributed by atoms with Crippen LogP contribution in [0.15, 0.2) is 0 Å². The van der Waals surface area contributed by atoms with E-state index in [9.17, 15) is 0 Å². The topological polar surface area (TPSA) is 23.5 Å². The SMILES string of the molecule is CC(CCl)CN(CCCO)C(C)C. The standard InChI is InChI=1S/C10H22ClNO/c1-9(2)12(5-4-6-13)8-10(3)7-11/h9-10,13H,4-8H2,1-3H3. The summed E-state index contributed by atoms with van der Waals surface area (Å²) in [7, 11) is 0. The fourth-order valence-corrected chi connectivity index (χ4v) is 1.38. The maximum atomic E-state index is 8.74. The van der Waals surface area contributed by atoms with Gasteiger partial charge in [-0.3, -0.25) is 0 Å². The Hall–Kier alpha value is 0.210. The maximum Gasteiger partial charge on any atom is 0.0443 e. The molecule has 1 unspecified atom stereocenters. The minimum atomic E-state index is 0.276. The van der Waals surface area contributed by atoms with Gasteiger partial charge in [0, 0.05) is 31.6 Å². The fourth-order valence-electron chi connectivity index (χ4n) is 1.28. The van der Waals surface area contributed by atoms with E-state index in [1.165, 1.54) is 0 Å². The number of hydrogen-bond acceptors (Lipinski definition) is 2. The highest BCUT2D eigenvalue weighted by atomic mass is 35.5. The first-order chi connectivity index (χ1) is 6.11. The van der Waals surface area contributed by atoms with Crippen LogP contribution in [-0.2, 0) is 0 Å². The van der Waals surface area contributed by atoms with Crippen molar-refractivity contribution in [3.63, 3.8) is 0 Å². The van der Waals surface area contributed by atoms with Gasteiger partial charge in [-0.1, -0.05) is 6.92 Å². The largest absolute Gasteiger partial charge is 0.396 e. The highest BCUT2D eigenvalue weighted by molar-refractivity contribution is 6.18. The highest BCUT2D eigenvalue weighted by Gasteiger charge is 2.11. The van der Waals surface area contributed by atoms with Crippen LogP contribution < -0.4 is 0 Å². The van der Waals surface area contributed by atoms with Gasteiger partial charge in [0.05, 0.1) is 0 Å². The smallest absolute Gasteiger partial charge is 0.0443 e. The molecular formula is C10H22ClNO. The number of rotatable bonds is 7. The molecule has 2 nitrogen and oxygen atoms in total. The molecule has 0 rings (SSSR count). The van der Waals surface area contributed by atoms with Gasteiger partial charge in [-0.25, -0.2) is 0 Å². The van der Waals surface area contributed by atoms with Crippen LogP contribution in [0.25, 0.3) is 0 Å². The average molecular weight is 208 g/mol. The van der Waals surface area contributed by atoms with Crippen LogP contribution >= 0.6 is 11.6 Å². The van der Waals surface area contributed by atoms with Crippen LogP contribution in [-0.4, -0.2) is 41.6 Å². The highest BCUT2D eigenvalue weighted by Crippen LogP contribution is 2.06. The molecule has 0 aromatic carbocycles. The Labute approximate surface area is 86.9 Å². The van der Waals surface area contributed by atoms with E-state index in [0.29, 0.717) is 17.8 Å². The number of halogens is 1. The second kappa shape index (κ2) is 7.60. The van der Waals surface area contributed by atoms with E-state index in [4.69, 9.17) is 16.7 Å². The summed E-state index contributed by atoms with van der Waals surface area (Å²) in [6.07, 6.45) is 0.854. The molecule has 0 heterocycles. The van der Waals surface area contributed by atoms with Crippen molar-refractivity contribution in [2.24, 2.45) is 5.92 Å². The van der Waals surface area contributed by atoms with E-state index in [1.807, 2.05) is 0 Å². The molecular weight excluding hydrogens is 186 g/mol. The second-order valence-electron chi connectivity index (χ2n) is 3.93. The quantitative estimate of drug-likeness (QED) is 0.646. The maximum absolute atomic E-state index is 8.74. The number of hydrogen-bond donors (Lipinski definition) is 1. The van der Waals surface area contributed by atoms with Crippen LogP contribution in [0.3, 0.4) is 0 Å². The molecule has 0 fully saturated rings. The minimum Gasteiger partial charge on any atom is -0.396 e. The molecule has 1 N–H and O–H groups in total. The molecule has 1 atom stereocenters. The third-order valence-electron chi connectivity index (χ3n) is 2.14. The molecule has 0 saturated carbocycles. The van der Waals surface area contributed by atoms with Gasteiger partial charge in [0.15, 0.2) is 0 Å². The first kappa shape index (κ1) is 13.2. The summed E-state index contributed by atoms with van der Waals surface area (Å²) in [6.45, 7) is 8.78. The average Bonchev–Trinajstić information content (AvgIpc) is 2.11. The lowest BCUT2D eigenvalue weighted by atomic mass is 10.1. The van der Waals surface area contributed by atoms with E-state index >= 15 is 0 Å². The van der Waals surface area contributed by atoms with E-state index < -0.39 is 0 Å². The first-order valence-corrected chi connectivity index (χ1v) is 5.56. The Balaban J connectivity index is 3.79. The van der Waals surface area contributed by atoms with E-state index in [0.717, 1.165) is 19.5 Å². The van der Waals surface area contributed by atoms with Gasteiger partial charge < -0.3 is 10.0 Å². The van der Waals surface area contributed by atoms with Crippen molar-refractivity contribution in [1.82, 2.24) is 4.90 Å². The van der Waals surface area contributed by atoms with Crippen LogP contribution in [0, 0.1) is 5.92 Å². The molecule has 0 saturated heterocycles.